The van der Waals surface area contributed by atoms with Crippen LogP contribution in [0, 0.1) is 0 Å². The average Bonchev–Trinajstić information content (AvgIpc) is 2.16. The van der Waals surface area contributed by atoms with Crippen LogP contribution >= 0.6 is 0 Å². The Hall–Kier alpha value is -1.31. The molecule has 12 heavy (non-hydrogen) atoms. The van der Waals surface area contributed by atoms with Crippen molar-refractivity contribution in [2.75, 3.05) is 0 Å². The molecule has 0 aliphatic heterocycles. The van der Waals surface area contributed by atoms with Crippen LogP contribution in [0.5, 0.6) is 0 Å². The molecule has 1 N–H and O–H groups in total. The highest BCUT2D eigenvalue weighted by atomic mass is 16.4. The molecule has 0 saturated carbocycles. The van der Waals surface area contributed by atoms with Crippen LogP contribution in [0.2, 0.25) is 0 Å². The van der Waals surface area contributed by atoms with E-state index in [0.717, 1.165) is 0 Å². The number of rotatable bonds is 3. The Labute approximate surface area is 78.9 Å². The molecule has 1 aromatic carbocycles. The molecule has 2 heteroatoms. The number of carbonyl (C=O) groups is 1. The highest BCUT2D eigenvalue weighted by molar-refractivity contribution is 5.75. The Balaban J connectivity index is 3.25. The summed E-state index contributed by atoms with van der Waals surface area (Å²) in [6.45, 7) is -2.99. The number of aliphatic carboxylic acids is 1. The van der Waals surface area contributed by atoms with Gasteiger partial charge in [-0.05, 0) is 11.9 Å². The SMILES string of the molecule is [2H]C([2H])([2H])C([2H])([2H])C(C(=O)O)c1ccccc1. The highest BCUT2D eigenvalue weighted by Gasteiger charge is 2.16. The fourth-order valence-electron chi connectivity index (χ4n) is 0.933. The minimum Gasteiger partial charge on any atom is -0.481 e. The van der Waals surface area contributed by atoms with Gasteiger partial charge in [0.05, 0.1) is 5.92 Å². The van der Waals surface area contributed by atoms with Crippen molar-refractivity contribution in [3.8, 4) is 0 Å². The second-order valence-electron chi connectivity index (χ2n) is 2.33. The normalized spacial score (nSPS) is 20.8. The van der Waals surface area contributed by atoms with Crippen molar-refractivity contribution >= 4 is 5.97 Å². The predicted molar refractivity (Wildman–Crippen MR) is 47.1 cm³/mol. The number of carboxylic acid groups (broad SMARTS) is 1. The first kappa shape index (κ1) is 4.08. The second-order valence-corrected chi connectivity index (χ2v) is 2.33. The summed E-state index contributed by atoms with van der Waals surface area (Å²) in [5, 5.41) is 9.04. The molecule has 0 spiro atoms. The van der Waals surface area contributed by atoms with Gasteiger partial charge in [-0.3, -0.25) is 4.79 Å². The van der Waals surface area contributed by atoms with Gasteiger partial charge in [0.25, 0.3) is 0 Å². The van der Waals surface area contributed by atoms with E-state index in [-0.39, 0.29) is 5.56 Å². The predicted octanol–water partition coefficient (Wildman–Crippen LogP) is 2.26. The van der Waals surface area contributed by atoms with Gasteiger partial charge in [-0.2, -0.15) is 0 Å². The van der Waals surface area contributed by atoms with Crippen molar-refractivity contribution in [3.63, 3.8) is 0 Å². The average molecular weight is 169 g/mol. The van der Waals surface area contributed by atoms with Crippen LogP contribution in [0.15, 0.2) is 30.3 Å². The Morgan fingerprint density at radius 2 is 2.33 bits per heavy atom. The number of benzene rings is 1. The number of hydrogen-bond acceptors (Lipinski definition) is 1. The summed E-state index contributed by atoms with van der Waals surface area (Å²) in [6, 6.07) is 7.54. The maximum absolute atomic E-state index is 11.1. The van der Waals surface area contributed by atoms with E-state index in [1.165, 1.54) is 12.1 Å². The largest absolute Gasteiger partial charge is 0.481 e. The van der Waals surface area contributed by atoms with Crippen molar-refractivity contribution in [1.29, 1.82) is 0 Å². The van der Waals surface area contributed by atoms with Gasteiger partial charge >= 0.3 is 5.97 Å². The van der Waals surface area contributed by atoms with Crippen LogP contribution in [-0.2, 0) is 4.79 Å². The third-order valence-electron chi connectivity index (χ3n) is 1.52. The van der Waals surface area contributed by atoms with Crippen LogP contribution in [0.3, 0.4) is 0 Å². The highest BCUT2D eigenvalue weighted by Crippen LogP contribution is 2.18. The lowest BCUT2D eigenvalue weighted by molar-refractivity contribution is -0.138. The van der Waals surface area contributed by atoms with Crippen LogP contribution in [0.4, 0.5) is 0 Å². The Kier molecular flexibility index (Phi) is 1.33. The van der Waals surface area contributed by atoms with Gasteiger partial charge in [0.2, 0.25) is 0 Å². The number of carboxylic acids is 1. The molecule has 1 atom stereocenters. The molecule has 1 unspecified atom stereocenters. The Morgan fingerprint density at radius 3 is 2.83 bits per heavy atom. The summed E-state index contributed by atoms with van der Waals surface area (Å²) in [5.41, 5.74) is 0.140. The van der Waals surface area contributed by atoms with Gasteiger partial charge in [0.15, 0.2) is 0 Å². The first-order valence-corrected chi connectivity index (χ1v) is 3.45. The third kappa shape index (κ3) is 1.84. The smallest absolute Gasteiger partial charge is 0.310 e. The van der Waals surface area contributed by atoms with Crippen LogP contribution in [-0.4, -0.2) is 11.1 Å². The van der Waals surface area contributed by atoms with Crippen molar-refractivity contribution in [1.82, 2.24) is 0 Å². The standard InChI is InChI=1S/C10H12O2/c1-2-9(10(11)12)8-6-4-3-5-7-8/h3-7,9H,2H2,1H3,(H,11,12)/i1D3,2D2. The first-order valence-electron chi connectivity index (χ1n) is 5.95. The molecule has 1 aromatic rings. The quantitative estimate of drug-likeness (QED) is 0.753. The van der Waals surface area contributed by atoms with E-state index < -0.39 is 25.1 Å². The van der Waals surface area contributed by atoms with Gasteiger partial charge in [0, 0.05) is 6.85 Å². The van der Waals surface area contributed by atoms with Crippen molar-refractivity contribution < 1.29 is 16.8 Å². The molecule has 0 saturated heterocycles. The van der Waals surface area contributed by atoms with E-state index in [9.17, 15) is 4.79 Å². The lowest BCUT2D eigenvalue weighted by atomic mass is 9.97. The molecule has 0 radical (unpaired) electrons. The maximum atomic E-state index is 11.1. The minimum atomic E-state index is -2.99. The van der Waals surface area contributed by atoms with Crippen molar-refractivity contribution in [3.05, 3.63) is 35.9 Å². The van der Waals surface area contributed by atoms with Crippen molar-refractivity contribution in [2.24, 2.45) is 0 Å². The zero-order valence-corrected chi connectivity index (χ0v) is 6.32. The topological polar surface area (TPSA) is 37.3 Å². The summed E-state index contributed by atoms with van der Waals surface area (Å²) >= 11 is 0. The zero-order valence-electron chi connectivity index (χ0n) is 11.3. The van der Waals surface area contributed by atoms with Gasteiger partial charge in [-0.15, -0.1) is 0 Å². The van der Waals surface area contributed by atoms with E-state index >= 15 is 0 Å². The van der Waals surface area contributed by atoms with Gasteiger partial charge < -0.3 is 5.11 Å². The second kappa shape index (κ2) is 3.90. The van der Waals surface area contributed by atoms with E-state index in [1.807, 2.05) is 0 Å². The fourth-order valence-corrected chi connectivity index (χ4v) is 0.933. The van der Waals surface area contributed by atoms with Crippen LogP contribution in [0.1, 0.15) is 31.6 Å². The summed E-state index contributed by atoms with van der Waals surface area (Å²) in [5.74, 6) is -3.20. The molecule has 0 aliphatic rings. The molecule has 0 bridgehead atoms. The molecule has 0 heterocycles. The van der Waals surface area contributed by atoms with Gasteiger partial charge in [0.1, 0.15) is 0 Å². The fraction of sp³-hybridized carbons (Fsp3) is 0.300. The summed E-state index contributed by atoms with van der Waals surface area (Å²) in [7, 11) is 0. The van der Waals surface area contributed by atoms with Crippen LogP contribution in [0.25, 0.3) is 0 Å². The maximum Gasteiger partial charge on any atom is 0.310 e. The molecule has 0 aromatic heterocycles. The molecule has 2 nitrogen and oxygen atoms in total. The van der Waals surface area contributed by atoms with E-state index in [1.54, 1.807) is 18.2 Å². The lowest BCUT2D eigenvalue weighted by Crippen LogP contribution is -2.09. The van der Waals surface area contributed by atoms with E-state index in [2.05, 4.69) is 0 Å². The Morgan fingerprint density at radius 1 is 1.67 bits per heavy atom. The summed E-state index contributed by atoms with van der Waals surface area (Å²) in [6.07, 6.45) is -2.82. The lowest BCUT2D eigenvalue weighted by Gasteiger charge is -2.08. The van der Waals surface area contributed by atoms with Crippen molar-refractivity contribution in [2.45, 2.75) is 19.1 Å². The summed E-state index contributed by atoms with van der Waals surface area (Å²) in [4.78, 5) is 11.1. The number of hydrogen-bond donors (Lipinski definition) is 1. The third-order valence-corrected chi connectivity index (χ3v) is 1.52. The van der Waals surface area contributed by atoms with Crippen LogP contribution < -0.4 is 0 Å². The molecular weight excluding hydrogens is 152 g/mol. The monoisotopic (exact) mass is 169 g/mol. The van der Waals surface area contributed by atoms with E-state index in [4.69, 9.17) is 12.0 Å². The molecule has 64 valence electrons. The molecule has 0 aliphatic carbocycles. The zero-order chi connectivity index (χ0) is 13.3. The summed E-state index contributed by atoms with van der Waals surface area (Å²) < 4.78 is 36.4. The van der Waals surface area contributed by atoms with E-state index in [0.29, 0.717) is 0 Å². The Bertz CT molecular complexity index is 399. The molecular formula is C10H12O2. The molecule has 0 amide bonds. The molecule has 1 rings (SSSR count). The minimum absolute atomic E-state index is 0.140. The van der Waals surface area contributed by atoms with Gasteiger partial charge in [-0.1, -0.05) is 37.2 Å². The molecule has 0 fully saturated rings. The van der Waals surface area contributed by atoms with Gasteiger partial charge in [-0.25, -0.2) is 0 Å². The first-order chi connectivity index (χ1) is 7.68.